The second-order valence-corrected chi connectivity index (χ2v) is 7.20. The molecule has 134 valence electrons. The van der Waals surface area contributed by atoms with Gasteiger partial charge in [0.25, 0.3) is 0 Å². The van der Waals surface area contributed by atoms with E-state index in [9.17, 15) is 10.1 Å². The Morgan fingerprint density at radius 1 is 1.24 bits per heavy atom. The van der Waals surface area contributed by atoms with Gasteiger partial charge in [0, 0.05) is 39.1 Å². The fourth-order valence-electron chi connectivity index (χ4n) is 4.25. The summed E-state index contributed by atoms with van der Waals surface area (Å²) < 4.78 is 5.33. The van der Waals surface area contributed by atoms with Crippen molar-refractivity contribution in [1.82, 2.24) is 9.80 Å². The normalized spacial score (nSPS) is 27.6. The highest BCUT2D eigenvalue weighted by molar-refractivity contribution is 5.73. The Hall–Kier alpha value is -2.06. The molecule has 0 atom stereocenters. The van der Waals surface area contributed by atoms with Crippen molar-refractivity contribution in [2.45, 2.75) is 44.1 Å². The maximum Gasteiger partial charge on any atom is 0.219 e. The van der Waals surface area contributed by atoms with Crippen LogP contribution in [0.15, 0.2) is 24.3 Å². The van der Waals surface area contributed by atoms with E-state index in [1.807, 2.05) is 23.1 Å². The van der Waals surface area contributed by atoms with E-state index < -0.39 is 5.41 Å². The first-order chi connectivity index (χ1) is 12.1. The molecule has 0 spiro atoms. The van der Waals surface area contributed by atoms with Gasteiger partial charge in [0.2, 0.25) is 5.91 Å². The van der Waals surface area contributed by atoms with Gasteiger partial charge < -0.3 is 9.64 Å². The molecule has 0 radical (unpaired) electrons. The van der Waals surface area contributed by atoms with E-state index in [1.54, 1.807) is 14.0 Å². The third-order valence-electron chi connectivity index (χ3n) is 5.92. The molecular formula is C20H27N3O2. The van der Waals surface area contributed by atoms with Gasteiger partial charge in [-0.15, -0.1) is 0 Å². The van der Waals surface area contributed by atoms with Gasteiger partial charge in [-0.05, 0) is 43.4 Å². The van der Waals surface area contributed by atoms with Crippen molar-refractivity contribution in [3.05, 3.63) is 29.8 Å². The van der Waals surface area contributed by atoms with Gasteiger partial charge in [-0.3, -0.25) is 9.69 Å². The fraction of sp³-hybridized carbons (Fsp3) is 0.600. The summed E-state index contributed by atoms with van der Waals surface area (Å²) in [6, 6.07) is 11.1. The van der Waals surface area contributed by atoms with E-state index in [0.717, 1.165) is 63.2 Å². The van der Waals surface area contributed by atoms with Crippen LogP contribution in [0.4, 0.5) is 0 Å². The highest BCUT2D eigenvalue weighted by atomic mass is 16.5. The Kier molecular flexibility index (Phi) is 5.29. The molecular weight excluding hydrogens is 314 g/mol. The molecule has 3 rings (SSSR count). The Morgan fingerprint density at radius 3 is 2.48 bits per heavy atom. The van der Waals surface area contributed by atoms with Crippen LogP contribution in [0, 0.1) is 11.3 Å². The van der Waals surface area contributed by atoms with Crippen molar-refractivity contribution in [2.75, 3.05) is 33.3 Å². The van der Waals surface area contributed by atoms with Gasteiger partial charge in [0.15, 0.2) is 0 Å². The van der Waals surface area contributed by atoms with Gasteiger partial charge in [0.05, 0.1) is 18.6 Å². The van der Waals surface area contributed by atoms with Gasteiger partial charge >= 0.3 is 0 Å². The number of rotatable bonds is 3. The second kappa shape index (κ2) is 7.45. The predicted octanol–water partition coefficient (Wildman–Crippen LogP) is 2.56. The monoisotopic (exact) mass is 341 g/mol. The average Bonchev–Trinajstić information content (AvgIpc) is 2.68. The number of hydrogen-bond donors (Lipinski definition) is 0. The minimum Gasteiger partial charge on any atom is -0.497 e. The zero-order valence-electron chi connectivity index (χ0n) is 15.2. The lowest BCUT2D eigenvalue weighted by Crippen LogP contribution is -2.53. The lowest BCUT2D eigenvalue weighted by molar-refractivity contribution is -0.131. The van der Waals surface area contributed by atoms with E-state index in [2.05, 4.69) is 17.0 Å². The predicted molar refractivity (Wildman–Crippen MR) is 96.4 cm³/mol. The molecule has 2 aliphatic rings. The largest absolute Gasteiger partial charge is 0.497 e. The first-order valence-electron chi connectivity index (χ1n) is 9.13. The Labute approximate surface area is 150 Å². The number of amides is 1. The summed E-state index contributed by atoms with van der Waals surface area (Å²) in [7, 11) is 1.66. The molecule has 0 aromatic heterocycles. The van der Waals surface area contributed by atoms with E-state index in [-0.39, 0.29) is 5.91 Å². The number of methoxy groups -OCH3 is 1. The summed E-state index contributed by atoms with van der Waals surface area (Å²) in [4.78, 5) is 15.9. The minimum atomic E-state index is -0.397. The maximum atomic E-state index is 11.5. The minimum absolute atomic E-state index is 0.171. The average molecular weight is 341 g/mol. The summed E-state index contributed by atoms with van der Waals surface area (Å²) in [6.07, 6.45) is 3.83. The number of piperazine rings is 1. The Morgan fingerprint density at radius 2 is 1.92 bits per heavy atom. The summed E-state index contributed by atoms with van der Waals surface area (Å²) in [5.74, 6) is 0.986. The number of nitriles is 1. The standard InChI is InChI=1S/C20H27N3O2/c1-16(24)22-10-12-23(13-11-22)18-6-8-20(15-21,9-7-18)17-4-3-5-19(14-17)25-2/h3-5,14,18H,6-13H2,1-2H3. The Bertz CT molecular complexity index is 651. The molecule has 1 heterocycles. The number of hydrogen-bond acceptors (Lipinski definition) is 4. The van der Waals surface area contributed by atoms with Gasteiger partial charge in [0.1, 0.15) is 5.75 Å². The van der Waals surface area contributed by atoms with Crippen LogP contribution in [0.1, 0.15) is 38.2 Å². The van der Waals surface area contributed by atoms with E-state index in [1.165, 1.54) is 0 Å². The molecule has 5 heteroatoms. The lowest BCUT2D eigenvalue weighted by atomic mass is 9.69. The number of ether oxygens (including phenoxy) is 1. The second-order valence-electron chi connectivity index (χ2n) is 7.20. The number of carbonyl (C=O) groups excluding carboxylic acids is 1. The summed E-state index contributed by atoms with van der Waals surface area (Å²) in [5.41, 5.74) is 0.681. The highest BCUT2D eigenvalue weighted by Crippen LogP contribution is 2.41. The quantitative estimate of drug-likeness (QED) is 0.848. The van der Waals surface area contributed by atoms with Crippen molar-refractivity contribution in [3.8, 4) is 11.8 Å². The number of nitrogens with zero attached hydrogens (tertiary/aromatic N) is 3. The molecule has 1 aliphatic carbocycles. The maximum absolute atomic E-state index is 11.5. The van der Waals surface area contributed by atoms with Crippen molar-refractivity contribution in [2.24, 2.45) is 0 Å². The molecule has 1 saturated carbocycles. The molecule has 1 aromatic rings. The fourth-order valence-corrected chi connectivity index (χ4v) is 4.25. The molecule has 2 fully saturated rings. The van der Waals surface area contributed by atoms with Crippen LogP contribution >= 0.6 is 0 Å². The van der Waals surface area contributed by atoms with Crippen LogP contribution in [0.2, 0.25) is 0 Å². The van der Waals surface area contributed by atoms with Crippen molar-refractivity contribution in [3.63, 3.8) is 0 Å². The van der Waals surface area contributed by atoms with Crippen molar-refractivity contribution >= 4 is 5.91 Å². The van der Waals surface area contributed by atoms with Crippen LogP contribution in [-0.2, 0) is 10.2 Å². The van der Waals surface area contributed by atoms with Crippen LogP contribution in [0.5, 0.6) is 5.75 Å². The van der Waals surface area contributed by atoms with Gasteiger partial charge in [-0.2, -0.15) is 5.26 Å². The third-order valence-corrected chi connectivity index (χ3v) is 5.92. The smallest absolute Gasteiger partial charge is 0.219 e. The van der Waals surface area contributed by atoms with Crippen molar-refractivity contribution < 1.29 is 9.53 Å². The first-order valence-corrected chi connectivity index (χ1v) is 9.13. The van der Waals surface area contributed by atoms with E-state index in [0.29, 0.717) is 6.04 Å². The summed E-state index contributed by atoms with van der Waals surface area (Å²) in [5, 5.41) is 9.90. The van der Waals surface area contributed by atoms with Crippen LogP contribution < -0.4 is 4.74 Å². The molecule has 1 aliphatic heterocycles. The number of carbonyl (C=O) groups is 1. The molecule has 25 heavy (non-hydrogen) atoms. The molecule has 5 nitrogen and oxygen atoms in total. The van der Waals surface area contributed by atoms with Crippen molar-refractivity contribution in [1.29, 1.82) is 5.26 Å². The van der Waals surface area contributed by atoms with Crippen LogP contribution in [-0.4, -0.2) is 55.0 Å². The van der Waals surface area contributed by atoms with Crippen LogP contribution in [0.25, 0.3) is 0 Å². The lowest BCUT2D eigenvalue weighted by Gasteiger charge is -2.43. The van der Waals surface area contributed by atoms with E-state index >= 15 is 0 Å². The zero-order chi connectivity index (χ0) is 17.9. The van der Waals surface area contributed by atoms with Gasteiger partial charge in [-0.25, -0.2) is 0 Å². The molecule has 1 amide bonds. The topological polar surface area (TPSA) is 56.6 Å². The SMILES string of the molecule is COc1cccc(C2(C#N)CCC(N3CCN(C(C)=O)CC3)CC2)c1. The van der Waals surface area contributed by atoms with E-state index in [4.69, 9.17) is 4.74 Å². The molecule has 0 N–H and O–H groups in total. The summed E-state index contributed by atoms with van der Waals surface area (Å²) in [6.45, 7) is 5.19. The molecule has 0 unspecified atom stereocenters. The highest BCUT2D eigenvalue weighted by Gasteiger charge is 2.39. The van der Waals surface area contributed by atoms with Gasteiger partial charge in [-0.1, -0.05) is 12.1 Å². The molecule has 1 saturated heterocycles. The molecule has 0 bridgehead atoms. The summed E-state index contributed by atoms with van der Waals surface area (Å²) >= 11 is 0. The zero-order valence-corrected chi connectivity index (χ0v) is 15.2. The number of benzene rings is 1. The Balaban J connectivity index is 1.64. The first kappa shape index (κ1) is 17.8. The van der Waals surface area contributed by atoms with Crippen LogP contribution in [0.3, 0.4) is 0 Å². The molecule has 1 aromatic carbocycles. The third kappa shape index (κ3) is 3.64.